The van der Waals surface area contributed by atoms with Gasteiger partial charge in [0.15, 0.2) is 0 Å². The molecular weight excluding hydrogens is 410 g/mol. The molecule has 170 valence electrons. The number of nitrogens with two attached hydrogens (primary N) is 1. The fourth-order valence-corrected chi connectivity index (χ4v) is 4.06. The maximum absolute atomic E-state index is 13.1. The Bertz CT molecular complexity index is 1160. The highest BCUT2D eigenvalue weighted by atomic mass is 16.5. The third kappa shape index (κ3) is 4.31. The predicted molar refractivity (Wildman–Crippen MR) is 121 cm³/mol. The van der Waals surface area contributed by atoms with Gasteiger partial charge in [-0.3, -0.25) is 19.6 Å². The van der Waals surface area contributed by atoms with E-state index < -0.39 is 5.91 Å². The number of anilines is 1. The van der Waals surface area contributed by atoms with Crippen LogP contribution in [0.2, 0.25) is 0 Å². The maximum Gasteiger partial charge on any atom is 0.276 e. The summed E-state index contributed by atoms with van der Waals surface area (Å²) >= 11 is 0. The summed E-state index contributed by atoms with van der Waals surface area (Å²) in [5, 5.41) is 7.30. The van der Waals surface area contributed by atoms with Crippen molar-refractivity contribution in [3.05, 3.63) is 35.2 Å². The van der Waals surface area contributed by atoms with Gasteiger partial charge in [-0.25, -0.2) is 4.98 Å². The smallest absolute Gasteiger partial charge is 0.276 e. The van der Waals surface area contributed by atoms with E-state index in [2.05, 4.69) is 27.3 Å². The summed E-state index contributed by atoms with van der Waals surface area (Å²) in [7, 11) is 2.08. The number of nitrogens with zero attached hydrogens (tertiary/aromatic N) is 5. The van der Waals surface area contributed by atoms with Crippen LogP contribution in [0.4, 0.5) is 5.95 Å². The van der Waals surface area contributed by atoms with Gasteiger partial charge in [-0.05, 0) is 58.5 Å². The summed E-state index contributed by atoms with van der Waals surface area (Å²) in [6.45, 7) is 7.33. The number of rotatable bonds is 4. The molecular formula is C22H29N7O3. The zero-order valence-electron chi connectivity index (χ0n) is 18.7. The second-order valence-corrected chi connectivity index (χ2v) is 8.09. The number of carbonyl (C=O) groups is 2. The molecule has 0 aliphatic carbocycles. The highest BCUT2D eigenvalue weighted by molar-refractivity contribution is 6.04. The average Bonchev–Trinajstić information content (AvgIpc) is 3.29. The minimum Gasteiger partial charge on any atom is -0.491 e. The van der Waals surface area contributed by atoms with E-state index in [0.29, 0.717) is 48.2 Å². The van der Waals surface area contributed by atoms with Crippen molar-refractivity contribution >= 4 is 28.8 Å². The van der Waals surface area contributed by atoms with Gasteiger partial charge >= 0.3 is 0 Å². The lowest BCUT2D eigenvalue weighted by Crippen LogP contribution is -2.23. The van der Waals surface area contributed by atoms with Gasteiger partial charge < -0.3 is 19.9 Å². The number of hydrogen-bond donors (Lipinski definition) is 2. The fraction of sp³-hybridized carbons (Fsp3) is 0.455. The Kier molecular flexibility index (Phi) is 6.13. The van der Waals surface area contributed by atoms with E-state index in [-0.39, 0.29) is 5.91 Å². The van der Waals surface area contributed by atoms with Crippen LogP contribution < -0.4 is 15.8 Å². The Morgan fingerprint density at radius 2 is 1.97 bits per heavy atom. The molecule has 0 spiro atoms. The molecule has 0 bridgehead atoms. The van der Waals surface area contributed by atoms with Gasteiger partial charge in [0, 0.05) is 25.2 Å². The number of amides is 2. The molecule has 0 atom stereocenters. The van der Waals surface area contributed by atoms with Crippen molar-refractivity contribution in [3.63, 3.8) is 0 Å². The van der Waals surface area contributed by atoms with Crippen molar-refractivity contribution in [1.29, 1.82) is 0 Å². The highest BCUT2D eigenvalue weighted by Crippen LogP contribution is 2.31. The number of primary amides is 1. The fourth-order valence-electron chi connectivity index (χ4n) is 4.06. The van der Waals surface area contributed by atoms with E-state index in [0.717, 1.165) is 37.1 Å². The number of benzene rings is 1. The predicted octanol–water partition coefficient (Wildman–Crippen LogP) is 2.02. The molecule has 0 saturated heterocycles. The second kappa shape index (κ2) is 8.99. The first-order valence-electron chi connectivity index (χ1n) is 10.9. The number of nitrogens with one attached hydrogen (secondary N) is 1. The number of carbonyl (C=O) groups excluding carboxylic acids is 2. The van der Waals surface area contributed by atoms with Crippen LogP contribution in [0.15, 0.2) is 18.2 Å². The molecule has 32 heavy (non-hydrogen) atoms. The summed E-state index contributed by atoms with van der Waals surface area (Å²) in [5.74, 6) is 0.106. The number of ether oxygens (including phenoxy) is 1. The number of aryl methyl sites for hydroxylation is 3. The second-order valence-electron chi connectivity index (χ2n) is 8.09. The Labute approximate surface area is 186 Å². The van der Waals surface area contributed by atoms with Gasteiger partial charge in [-0.15, -0.1) is 0 Å². The van der Waals surface area contributed by atoms with Crippen molar-refractivity contribution in [3.8, 4) is 5.75 Å². The molecule has 2 aromatic heterocycles. The first kappa shape index (κ1) is 21.8. The lowest BCUT2D eigenvalue weighted by molar-refractivity contribution is 0.0995. The quantitative estimate of drug-likeness (QED) is 0.642. The van der Waals surface area contributed by atoms with Crippen molar-refractivity contribution < 1.29 is 14.3 Å². The van der Waals surface area contributed by atoms with Crippen molar-refractivity contribution in [2.24, 2.45) is 5.73 Å². The van der Waals surface area contributed by atoms with Crippen LogP contribution >= 0.6 is 0 Å². The molecule has 3 aromatic rings. The lowest BCUT2D eigenvalue weighted by Gasteiger charge is -2.16. The normalized spacial score (nSPS) is 15.2. The summed E-state index contributed by atoms with van der Waals surface area (Å²) in [4.78, 5) is 31.8. The molecule has 1 aliphatic heterocycles. The van der Waals surface area contributed by atoms with Gasteiger partial charge in [0.2, 0.25) is 11.9 Å². The SMILES string of the molecule is CCn1nc(C)cc1C(=O)Nc1nc2cc(C(N)=O)cc3c2n1CCCN(C)CCCO3. The van der Waals surface area contributed by atoms with Crippen LogP contribution in [-0.2, 0) is 13.1 Å². The van der Waals surface area contributed by atoms with E-state index in [9.17, 15) is 9.59 Å². The highest BCUT2D eigenvalue weighted by Gasteiger charge is 2.22. The molecule has 0 saturated carbocycles. The van der Waals surface area contributed by atoms with Crippen LogP contribution in [0.25, 0.3) is 11.0 Å². The summed E-state index contributed by atoms with van der Waals surface area (Å²) in [5.41, 5.74) is 8.40. The molecule has 3 N–H and O–H groups in total. The molecule has 0 radical (unpaired) electrons. The Morgan fingerprint density at radius 1 is 1.19 bits per heavy atom. The van der Waals surface area contributed by atoms with Crippen LogP contribution in [0.3, 0.4) is 0 Å². The van der Waals surface area contributed by atoms with Gasteiger partial charge in [0.25, 0.3) is 5.91 Å². The molecule has 1 aliphatic rings. The van der Waals surface area contributed by atoms with Crippen LogP contribution in [-0.4, -0.2) is 62.8 Å². The third-order valence-electron chi connectivity index (χ3n) is 5.61. The zero-order chi connectivity index (χ0) is 22.8. The van der Waals surface area contributed by atoms with Crippen LogP contribution in [0.5, 0.6) is 5.75 Å². The van der Waals surface area contributed by atoms with E-state index in [1.165, 1.54) is 0 Å². The first-order valence-corrected chi connectivity index (χ1v) is 10.9. The molecule has 10 nitrogen and oxygen atoms in total. The lowest BCUT2D eigenvalue weighted by atomic mass is 10.1. The first-order chi connectivity index (χ1) is 15.4. The van der Waals surface area contributed by atoms with Gasteiger partial charge in [-0.2, -0.15) is 5.10 Å². The average molecular weight is 440 g/mol. The molecule has 0 fully saturated rings. The van der Waals surface area contributed by atoms with E-state index >= 15 is 0 Å². The number of imidazole rings is 1. The molecule has 2 amide bonds. The van der Waals surface area contributed by atoms with Crippen molar-refractivity contribution in [1.82, 2.24) is 24.2 Å². The molecule has 0 unspecified atom stereocenters. The number of aromatic nitrogens is 4. The Balaban J connectivity index is 1.79. The van der Waals surface area contributed by atoms with E-state index in [1.54, 1.807) is 22.9 Å². The Morgan fingerprint density at radius 3 is 2.72 bits per heavy atom. The zero-order valence-corrected chi connectivity index (χ0v) is 18.7. The third-order valence-corrected chi connectivity index (χ3v) is 5.61. The molecule has 4 rings (SSSR count). The van der Waals surface area contributed by atoms with Gasteiger partial charge in [0.1, 0.15) is 17.0 Å². The van der Waals surface area contributed by atoms with Gasteiger partial charge in [-0.1, -0.05) is 0 Å². The monoisotopic (exact) mass is 439 g/mol. The van der Waals surface area contributed by atoms with Crippen molar-refractivity contribution in [2.45, 2.75) is 39.8 Å². The topological polar surface area (TPSA) is 120 Å². The molecule has 10 heteroatoms. The van der Waals surface area contributed by atoms with E-state index in [4.69, 9.17) is 10.5 Å². The molecule has 3 heterocycles. The maximum atomic E-state index is 13.1. The summed E-state index contributed by atoms with van der Waals surface area (Å²) < 4.78 is 9.66. The van der Waals surface area contributed by atoms with Crippen LogP contribution in [0, 0.1) is 6.92 Å². The summed E-state index contributed by atoms with van der Waals surface area (Å²) in [6, 6.07) is 5.05. The van der Waals surface area contributed by atoms with Crippen molar-refractivity contribution in [2.75, 3.05) is 32.1 Å². The van der Waals surface area contributed by atoms with Crippen LogP contribution in [0.1, 0.15) is 46.3 Å². The standard InChI is InChI=1S/C22H29N7O3/c1-4-29-17(11-14(2)26-29)21(31)25-22-24-16-12-15(20(23)30)13-18-19(16)28(22)9-5-7-27(3)8-6-10-32-18/h11-13H,4-10H2,1-3H3,(H2,23,30)(H,24,25,31). The number of hydrogen-bond acceptors (Lipinski definition) is 6. The largest absolute Gasteiger partial charge is 0.491 e. The molecule has 1 aromatic carbocycles. The minimum atomic E-state index is -0.553. The minimum absolute atomic E-state index is 0.289. The summed E-state index contributed by atoms with van der Waals surface area (Å²) in [6.07, 6.45) is 1.73. The Hall–Kier alpha value is -3.40. The van der Waals surface area contributed by atoms with E-state index in [1.807, 2.05) is 18.4 Å². The van der Waals surface area contributed by atoms with Gasteiger partial charge in [0.05, 0.1) is 17.8 Å².